The van der Waals surface area contributed by atoms with Crippen LogP contribution in [0.3, 0.4) is 0 Å². The van der Waals surface area contributed by atoms with Gasteiger partial charge in [0.1, 0.15) is 5.75 Å². The molecule has 0 N–H and O–H groups in total. The number of hydrogen-bond donors (Lipinski definition) is 0. The minimum Gasteiger partial charge on any atom is -0.495 e. The Balaban J connectivity index is 2.57. The highest BCUT2D eigenvalue weighted by atomic mass is 35.5. The average molecular weight is 289 g/mol. The SMILES string of the molecule is COc1ccc2cc(C(=O)C(F)(F)F)ccc2c1Cl. The van der Waals surface area contributed by atoms with Crippen LogP contribution in [0.4, 0.5) is 13.2 Å². The van der Waals surface area contributed by atoms with Crippen LogP contribution >= 0.6 is 11.6 Å². The fraction of sp³-hybridized carbons (Fsp3) is 0.154. The lowest BCUT2D eigenvalue weighted by Gasteiger charge is -2.09. The maximum atomic E-state index is 12.3. The van der Waals surface area contributed by atoms with Gasteiger partial charge in [0.25, 0.3) is 5.78 Å². The Labute approximate surface area is 111 Å². The molecule has 0 aliphatic carbocycles. The molecular weight excluding hydrogens is 281 g/mol. The maximum Gasteiger partial charge on any atom is 0.454 e. The molecule has 0 unspecified atom stereocenters. The number of ether oxygens (including phenoxy) is 1. The van der Waals surface area contributed by atoms with Crippen LogP contribution in [0.5, 0.6) is 5.75 Å². The maximum absolute atomic E-state index is 12.3. The monoisotopic (exact) mass is 288 g/mol. The molecule has 0 radical (unpaired) electrons. The fourth-order valence-corrected chi connectivity index (χ4v) is 2.05. The number of methoxy groups -OCH3 is 1. The first-order valence-corrected chi connectivity index (χ1v) is 5.60. The summed E-state index contributed by atoms with van der Waals surface area (Å²) in [6.45, 7) is 0. The molecular formula is C13H8ClF3O2. The Bertz CT molecular complexity index is 650. The fourth-order valence-electron chi connectivity index (χ4n) is 1.73. The summed E-state index contributed by atoms with van der Waals surface area (Å²) in [5, 5.41) is 1.27. The number of Topliss-reactive ketones (excluding diaryl/α,β-unsaturated/α-hetero) is 1. The number of carbonyl (C=O) groups is 1. The summed E-state index contributed by atoms with van der Waals surface area (Å²) in [6, 6.07) is 6.72. The first-order chi connectivity index (χ1) is 8.84. The predicted octanol–water partition coefficient (Wildman–Crippen LogP) is 4.25. The number of ketones is 1. The minimum atomic E-state index is -4.88. The van der Waals surface area contributed by atoms with Gasteiger partial charge in [0.05, 0.1) is 12.1 Å². The van der Waals surface area contributed by atoms with E-state index in [9.17, 15) is 18.0 Å². The van der Waals surface area contributed by atoms with Gasteiger partial charge in [-0.05, 0) is 17.5 Å². The molecule has 0 saturated carbocycles. The Hall–Kier alpha value is -1.75. The molecule has 2 rings (SSSR count). The van der Waals surface area contributed by atoms with Gasteiger partial charge in [0, 0.05) is 10.9 Å². The molecule has 0 fully saturated rings. The van der Waals surface area contributed by atoms with Gasteiger partial charge < -0.3 is 4.74 Å². The normalized spacial score (nSPS) is 11.6. The highest BCUT2D eigenvalue weighted by Gasteiger charge is 2.39. The van der Waals surface area contributed by atoms with E-state index in [-0.39, 0.29) is 0 Å². The first-order valence-electron chi connectivity index (χ1n) is 5.22. The number of fused-ring (bicyclic) bond motifs is 1. The van der Waals surface area contributed by atoms with Gasteiger partial charge in [-0.15, -0.1) is 0 Å². The van der Waals surface area contributed by atoms with Crippen molar-refractivity contribution in [2.75, 3.05) is 7.11 Å². The third-order valence-corrected chi connectivity index (χ3v) is 3.05. The van der Waals surface area contributed by atoms with Gasteiger partial charge in [0.2, 0.25) is 0 Å². The second kappa shape index (κ2) is 4.74. The summed E-state index contributed by atoms with van der Waals surface area (Å²) in [4.78, 5) is 11.1. The van der Waals surface area contributed by atoms with Crippen LogP contribution in [0.1, 0.15) is 10.4 Å². The molecule has 0 spiro atoms. The number of carbonyl (C=O) groups excluding carboxylic acids is 1. The van der Waals surface area contributed by atoms with E-state index < -0.39 is 17.5 Å². The van der Waals surface area contributed by atoms with Crippen LogP contribution in [0, 0.1) is 0 Å². The lowest BCUT2D eigenvalue weighted by molar-refractivity contribution is -0.0885. The van der Waals surface area contributed by atoms with E-state index in [2.05, 4.69) is 0 Å². The molecule has 0 heterocycles. The zero-order chi connectivity index (χ0) is 14.2. The quantitative estimate of drug-likeness (QED) is 0.772. The van der Waals surface area contributed by atoms with E-state index in [1.54, 1.807) is 6.07 Å². The summed E-state index contributed by atoms with van der Waals surface area (Å²) in [6.07, 6.45) is -4.88. The van der Waals surface area contributed by atoms with Crippen LogP contribution in [-0.2, 0) is 0 Å². The Morgan fingerprint density at radius 1 is 1.21 bits per heavy atom. The molecule has 2 nitrogen and oxygen atoms in total. The molecule has 0 bridgehead atoms. The van der Waals surface area contributed by atoms with Gasteiger partial charge in [-0.25, -0.2) is 0 Å². The molecule has 0 saturated heterocycles. The van der Waals surface area contributed by atoms with Crippen LogP contribution < -0.4 is 4.74 Å². The third kappa shape index (κ3) is 2.51. The van der Waals surface area contributed by atoms with Crippen LogP contribution in [0.15, 0.2) is 30.3 Å². The Kier molecular flexibility index (Phi) is 3.41. The van der Waals surface area contributed by atoms with Gasteiger partial charge in [-0.2, -0.15) is 13.2 Å². The van der Waals surface area contributed by atoms with Crippen molar-refractivity contribution in [2.24, 2.45) is 0 Å². The zero-order valence-electron chi connectivity index (χ0n) is 9.72. The van der Waals surface area contributed by atoms with E-state index in [4.69, 9.17) is 16.3 Å². The summed E-state index contributed by atoms with van der Waals surface area (Å²) < 4.78 is 42.0. The molecule has 0 aromatic heterocycles. The van der Waals surface area contributed by atoms with Crippen molar-refractivity contribution in [3.8, 4) is 5.75 Å². The molecule has 0 atom stereocenters. The highest BCUT2D eigenvalue weighted by molar-refractivity contribution is 6.37. The number of rotatable bonds is 2. The predicted molar refractivity (Wildman–Crippen MR) is 65.9 cm³/mol. The lowest BCUT2D eigenvalue weighted by atomic mass is 10.0. The number of benzene rings is 2. The molecule has 100 valence electrons. The van der Waals surface area contributed by atoms with Gasteiger partial charge in [-0.3, -0.25) is 4.79 Å². The smallest absolute Gasteiger partial charge is 0.454 e. The average Bonchev–Trinajstić information content (AvgIpc) is 2.37. The summed E-state index contributed by atoms with van der Waals surface area (Å²) in [5.41, 5.74) is -0.416. The van der Waals surface area contributed by atoms with Crippen molar-refractivity contribution in [3.63, 3.8) is 0 Å². The van der Waals surface area contributed by atoms with E-state index in [0.717, 1.165) is 12.1 Å². The van der Waals surface area contributed by atoms with Crippen molar-refractivity contribution < 1.29 is 22.7 Å². The summed E-state index contributed by atoms with van der Waals surface area (Å²) >= 11 is 6.03. The second-order valence-electron chi connectivity index (χ2n) is 3.84. The first kappa shape index (κ1) is 13.7. The highest BCUT2D eigenvalue weighted by Crippen LogP contribution is 2.33. The number of alkyl halides is 3. The number of hydrogen-bond acceptors (Lipinski definition) is 2. The van der Waals surface area contributed by atoms with Crippen LogP contribution in [-0.4, -0.2) is 19.1 Å². The van der Waals surface area contributed by atoms with Gasteiger partial charge in [0.15, 0.2) is 0 Å². The molecule has 6 heteroatoms. The molecule has 2 aromatic rings. The molecule has 0 aliphatic rings. The van der Waals surface area contributed by atoms with Crippen molar-refractivity contribution in [1.29, 1.82) is 0 Å². The van der Waals surface area contributed by atoms with Gasteiger partial charge >= 0.3 is 6.18 Å². The lowest BCUT2D eigenvalue weighted by Crippen LogP contribution is -2.22. The third-order valence-electron chi connectivity index (χ3n) is 2.66. The van der Waals surface area contributed by atoms with Crippen molar-refractivity contribution in [3.05, 3.63) is 40.9 Å². The number of halogens is 4. The van der Waals surface area contributed by atoms with Crippen LogP contribution in [0.2, 0.25) is 5.02 Å². The minimum absolute atomic E-state index is 0.297. The summed E-state index contributed by atoms with van der Waals surface area (Å²) in [5.74, 6) is -1.45. The van der Waals surface area contributed by atoms with E-state index in [1.807, 2.05) is 0 Å². The summed E-state index contributed by atoms with van der Waals surface area (Å²) in [7, 11) is 1.44. The van der Waals surface area contributed by atoms with Crippen molar-refractivity contribution in [1.82, 2.24) is 0 Å². The Morgan fingerprint density at radius 3 is 2.47 bits per heavy atom. The molecule has 0 amide bonds. The van der Waals surface area contributed by atoms with E-state index >= 15 is 0 Å². The van der Waals surface area contributed by atoms with Crippen molar-refractivity contribution in [2.45, 2.75) is 6.18 Å². The van der Waals surface area contributed by atoms with Crippen LogP contribution in [0.25, 0.3) is 10.8 Å². The molecule has 2 aromatic carbocycles. The molecule has 19 heavy (non-hydrogen) atoms. The topological polar surface area (TPSA) is 26.3 Å². The molecule has 0 aliphatic heterocycles. The van der Waals surface area contributed by atoms with Crippen molar-refractivity contribution >= 4 is 28.2 Å². The largest absolute Gasteiger partial charge is 0.495 e. The van der Waals surface area contributed by atoms with E-state index in [0.29, 0.717) is 21.5 Å². The Morgan fingerprint density at radius 2 is 1.89 bits per heavy atom. The zero-order valence-corrected chi connectivity index (χ0v) is 10.5. The van der Waals surface area contributed by atoms with Gasteiger partial charge in [-0.1, -0.05) is 29.8 Å². The van der Waals surface area contributed by atoms with E-state index in [1.165, 1.54) is 19.2 Å². The standard InChI is InChI=1S/C13H8ClF3O2/c1-19-10-5-3-7-6-8(12(18)13(15,16)17)2-4-9(7)11(10)14/h2-6H,1H3. The second-order valence-corrected chi connectivity index (χ2v) is 4.22.